The van der Waals surface area contributed by atoms with E-state index in [1.54, 1.807) is 10.5 Å². The summed E-state index contributed by atoms with van der Waals surface area (Å²) in [5, 5.41) is 0.932. The zero-order chi connectivity index (χ0) is 48.9. The van der Waals surface area contributed by atoms with Gasteiger partial charge in [0.25, 0.3) is 0 Å². The summed E-state index contributed by atoms with van der Waals surface area (Å²) in [6.07, 6.45) is 3.27. The number of fused-ring (bicyclic) bond motifs is 4. The molecule has 323 valence electrons. The number of hydrogen-bond donors (Lipinski definition) is 0. The molecule has 6 aromatic carbocycles. The van der Waals surface area contributed by atoms with E-state index < -0.39 is 27.0 Å². The minimum Gasteiger partial charge on any atom is -0.501 e. The van der Waals surface area contributed by atoms with Crippen molar-refractivity contribution >= 4 is 50.6 Å². The van der Waals surface area contributed by atoms with Crippen LogP contribution in [0.15, 0.2) is 132 Å². The molecule has 63 heavy (non-hydrogen) atoms. The van der Waals surface area contributed by atoms with Crippen LogP contribution in [0.1, 0.15) is 89.4 Å². The largest absolute Gasteiger partial charge is 0.501 e. The van der Waals surface area contributed by atoms with E-state index in [-0.39, 0.29) is 43.1 Å². The van der Waals surface area contributed by atoms with Crippen molar-refractivity contribution in [2.45, 2.75) is 90.8 Å². The summed E-state index contributed by atoms with van der Waals surface area (Å²) in [4.78, 5) is 9.85. The van der Waals surface area contributed by atoms with Crippen LogP contribution in [0.4, 0.5) is 0 Å². The Labute approximate surface area is 399 Å². The van der Waals surface area contributed by atoms with Gasteiger partial charge in [0.05, 0.1) is 22.4 Å². The van der Waals surface area contributed by atoms with Crippen LogP contribution in [0.3, 0.4) is 0 Å². The number of aryl methyl sites for hydroxylation is 2. The van der Waals surface area contributed by atoms with Gasteiger partial charge in [-0.2, -0.15) is 0 Å². The summed E-state index contributed by atoms with van der Waals surface area (Å²) >= 11 is -1.86. The van der Waals surface area contributed by atoms with Gasteiger partial charge in [-0.05, 0) is 76.8 Å². The first-order valence-corrected chi connectivity index (χ1v) is 29.1. The molecule has 0 saturated carbocycles. The second kappa shape index (κ2) is 19.0. The molecule has 0 amide bonds. The molecule has 0 spiro atoms. The third kappa shape index (κ3) is 9.44. The molecule has 1 radical (unpaired) electrons. The molecule has 9 aromatic rings. The van der Waals surface area contributed by atoms with Gasteiger partial charge in [-0.1, -0.05) is 100 Å². The van der Waals surface area contributed by atoms with Crippen molar-refractivity contribution in [3.63, 3.8) is 0 Å². The average molecular weight is 1070 g/mol. The molecule has 0 aliphatic carbocycles. The predicted molar refractivity (Wildman–Crippen MR) is 266 cm³/mol. The van der Waals surface area contributed by atoms with E-state index in [4.69, 9.17) is 22.6 Å². The molecule has 0 saturated heterocycles. The second-order valence-corrected chi connectivity index (χ2v) is 29.0. The third-order valence-corrected chi connectivity index (χ3v) is 15.8. The van der Waals surface area contributed by atoms with Crippen LogP contribution >= 0.6 is 0 Å². The van der Waals surface area contributed by atoms with Gasteiger partial charge in [-0.25, -0.2) is 0 Å². The van der Waals surface area contributed by atoms with Gasteiger partial charge >= 0.3 is 126 Å². The summed E-state index contributed by atoms with van der Waals surface area (Å²) in [5.74, 6) is 8.86. The SMILES string of the molecule is CC(C)Cc1cc(-c2[c-]cccc2)nc[c]1[Ge]([CH3])([CH3])[CH3].[2H]C([2H])([2H])c1ccc2c(c1)oc1c(-c3nc4ccccc4n3-c3c(C(C)C)cc(-c4ccccc4)cc3C(C)C)[c-]cc(C([2H])([2H])[2H])c12.[Ir]. The molecular formula is C57H59GeIrN3O-2. The minimum atomic E-state index is -2.46. The van der Waals surface area contributed by atoms with E-state index in [2.05, 4.69) is 118 Å². The first-order chi connectivity index (χ1) is 32.1. The smallest absolute Gasteiger partial charge is 0.121 e. The molecule has 9 rings (SSSR count). The number of furan rings is 1. The summed E-state index contributed by atoms with van der Waals surface area (Å²) in [6, 6.07) is 45.9. The fourth-order valence-corrected chi connectivity index (χ4v) is 11.8. The Bertz CT molecular complexity index is 3230. The fraction of sp³-hybridized carbons (Fsp3) is 0.263. The van der Waals surface area contributed by atoms with Crippen molar-refractivity contribution in [1.29, 1.82) is 0 Å². The van der Waals surface area contributed by atoms with E-state index in [1.165, 1.54) is 23.8 Å². The zero-order valence-corrected chi connectivity index (χ0v) is 42.1. The number of para-hydroxylation sites is 2. The van der Waals surface area contributed by atoms with Crippen LogP contribution in [0, 0.1) is 31.8 Å². The monoisotopic (exact) mass is 1070 g/mol. The molecule has 0 atom stereocenters. The molecule has 0 bridgehead atoms. The van der Waals surface area contributed by atoms with Gasteiger partial charge in [-0.15, -0.1) is 17.7 Å². The number of aromatic nitrogens is 3. The van der Waals surface area contributed by atoms with Crippen molar-refractivity contribution in [2.75, 3.05) is 0 Å². The topological polar surface area (TPSA) is 43.9 Å². The summed E-state index contributed by atoms with van der Waals surface area (Å²) in [6.45, 7) is 8.51. The van der Waals surface area contributed by atoms with Gasteiger partial charge in [-0.3, -0.25) is 4.98 Å². The standard InChI is InChI=1S/C39H35N2O.C18H24GeN.Ir/c1-23(2)31-21-28(27-12-8-7-9-13-27)22-32(24(3)4)37(31)41-34-15-11-10-14-33(34)40-39(41)30-19-17-26(6)36-29-18-16-25(5)20-35(29)42-38(30)36;1-14(2)11-16-12-18(15-9-7-6-8-10-15)20-13-17(16)19(3,4)5;/h7-18,20-24H,1-6H3;6-9,12-14H,11H2,1-5H3;/q2*-1;/i5D3,6D3;;. The zero-order valence-electron chi connectivity index (χ0n) is 43.6. The van der Waals surface area contributed by atoms with Crippen molar-refractivity contribution in [3.05, 3.63) is 167 Å². The Hall–Kier alpha value is -5.07. The number of benzene rings is 6. The minimum absolute atomic E-state index is 0. The van der Waals surface area contributed by atoms with Crippen LogP contribution in [0.2, 0.25) is 17.3 Å². The summed E-state index contributed by atoms with van der Waals surface area (Å²) in [5.41, 5.74) is 12.2. The van der Waals surface area contributed by atoms with Gasteiger partial charge in [0.2, 0.25) is 0 Å². The van der Waals surface area contributed by atoms with E-state index in [9.17, 15) is 0 Å². The van der Waals surface area contributed by atoms with Crippen molar-refractivity contribution in [1.82, 2.24) is 14.5 Å². The van der Waals surface area contributed by atoms with Crippen LogP contribution < -0.4 is 4.40 Å². The molecule has 6 heteroatoms. The number of nitrogens with zero attached hydrogens (tertiary/aromatic N) is 3. The molecular weight excluding hydrogens is 1010 g/mol. The Kier molecular flexibility index (Phi) is 11.6. The first kappa shape index (κ1) is 38.4. The molecule has 3 heterocycles. The number of imidazole rings is 1. The Morgan fingerprint density at radius 3 is 2.13 bits per heavy atom. The van der Waals surface area contributed by atoms with Crippen LogP contribution in [0.25, 0.3) is 72.4 Å². The Morgan fingerprint density at radius 2 is 1.48 bits per heavy atom. The third-order valence-electron chi connectivity index (χ3n) is 11.5. The van der Waals surface area contributed by atoms with Gasteiger partial charge < -0.3 is 8.98 Å². The maximum Gasteiger partial charge on any atom is 0.121 e. The van der Waals surface area contributed by atoms with E-state index in [1.807, 2.05) is 60.7 Å². The first-order valence-electron chi connectivity index (χ1n) is 24.7. The molecule has 4 nitrogen and oxygen atoms in total. The summed E-state index contributed by atoms with van der Waals surface area (Å²) in [7, 11) is 0. The van der Waals surface area contributed by atoms with Crippen LogP contribution in [-0.2, 0) is 26.5 Å². The average Bonchev–Trinajstić information content (AvgIpc) is 3.86. The Morgan fingerprint density at radius 1 is 0.762 bits per heavy atom. The molecule has 0 unspecified atom stereocenters. The van der Waals surface area contributed by atoms with Crippen molar-refractivity contribution < 1.29 is 32.7 Å². The van der Waals surface area contributed by atoms with Crippen molar-refractivity contribution in [2.24, 2.45) is 5.92 Å². The number of rotatable bonds is 9. The van der Waals surface area contributed by atoms with Crippen LogP contribution in [-0.4, -0.2) is 27.8 Å². The van der Waals surface area contributed by atoms with E-state index in [0.717, 1.165) is 56.7 Å². The molecule has 0 aliphatic rings. The normalized spacial score (nSPS) is 13.6. The maximum atomic E-state index is 8.35. The molecule has 0 N–H and O–H groups in total. The molecule has 0 aliphatic heterocycles. The van der Waals surface area contributed by atoms with Crippen molar-refractivity contribution in [3.8, 4) is 39.5 Å². The maximum absolute atomic E-state index is 8.35. The summed E-state index contributed by atoms with van der Waals surface area (Å²) < 4.78 is 59.0. The molecule has 0 fully saturated rings. The fourth-order valence-electron chi connectivity index (χ4n) is 8.51. The molecule has 3 aromatic heterocycles. The Balaban J connectivity index is 0.000000281. The second-order valence-electron chi connectivity index (χ2n) is 18.4. The number of pyridine rings is 1. The van der Waals surface area contributed by atoms with Gasteiger partial charge in [0.15, 0.2) is 0 Å². The van der Waals surface area contributed by atoms with E-state index in [0.29, 0.717) is 39.2 Å². The van der Waals surface area contributed by atoms with E-state index >= 15 is 0 Å². The number of hydrogen-bond acceptors (Lipinski definition) is 3. The van der Waals surface area contributed by atoms with Crippen LogP contribution in [0.5, 0.6) is 0 Å². The van der Waals surface area contributed by atoms with Gasteiger partial charge in [0, 0.05) is 39.4 Å². The van der Waals surface area contributed by atoms with Gasteiger partial charge in [0.1, 0.15) is 5.58 Å². The predicted octanol–water partition coefficient (Wildman–Crippen LogP) is 15.2. The quantitative estimate of drug-likeness (QED) is 0.107.